The van der Waals surface area contributed by atoms with Gasteiger partial charge in [0.2, 0.25) is 0 Å². The fourth-order valence-corrected chi connectivity index (χ4v) is 11.9. The molecule has 0 fully saturated rings. The molecule has 11 rings (SSSR count). The van der Waals surface area contributed by atoms with Crippen molar-refractivity contribution in [3.8, 4) is 22.3 Å². The van der Waals surface area contributed by atoms with Crippen molar-refractivity contribution in [2.45, 2.75) is 62.2 Å². The first-order chi connectivity index (χ1) is 28.7. The summed E-state index contributed by atoms with van der Waals surface area (Å²) in [4.78, 5) is 2.52. The maximum Gasteiger partial charge on any atom is 0.0714 e. The third-order valence-electron chi connectivity index (χ3n) is 14.1. The molecule has 0 bridgehead atoms. The van der Waals surface area contributed by atoms with Gasteiger partial charge in [-0.25, -0.2) is 0 Å². The van der Waals surface area contributed by atoms with E-state index in [-0.39, 0.29) is 16.2 Å². The molecule has 1 heteroatoms. The highest BCUT2D eigenvalue weighted by molar-refractivity contribution is 5.90. The van der Waals surface area contributed by atoms with Crippen LogP contribution in [0, 0.1) is 0 Å². The minimum Gasteiger partial charge on any atom is -0.310 e. The van der Waals surface area contributed by atoms with E-state index in [2.05, 4.69) is 233 Å². The van der Waals surface area contributed by atoms with Crippen LogP contribution in [0.5, 0.6) is 0 Å². The normalized spacial score (nSPS) is 18.5. The Balaban J connectivity index is 1.16. The van der Waals surface area contributed by atoms with E-state index in [0.717, 1.165) is 24.2 Å². The molecule has 3 aliphatic carbocycles. The Bertz CT molecular complexity index is 2820. The fourth-order valence-electron chi connectivity index (χ4n) is 11.9. The predicted molar refractivity (Wildman–Crippen MR) is 246 cm³/mol. The summed E-state index contributed by atoms with van der Waals surface area (Å²) in [6.07, 6.45) is 2.22. The number of hydrogen-bond donors (Lipinski definition) is 0. The van der Waals surface area contributed by atoms with Crippen molar-refractivity contribution in [2.75, 3.05) is 4.90 Å². The summed E-state index contributed by atoms with van der Waals surface area (Å²) in [6.45, 7) is 9.81. The van der Waals surface area contributed by atoms with Crippen molar-refractivity contribution in [2.24, 2.45) is 0 Å². The topological polar surface area (TPSA) is 3.24 Å². The SMILES string of the molecule is CC1(C)CC2(CC(C)(C)c3ccc(N(c4ccc(-c5ccccc5)cc4)c4ccc5c(c4)C(c4ccccc4)(c4ccccc4)c4ccccc4-5)cc32)c2ccccc21. The molecular formula is C58H49N. The second-order valence-electron chi connectivity index (χ2n) is 18.5. The van der Waals surface area contributed by atoms with Crippen LogP contribution in [0.1, 0.15) is 85.0 Å². The van der Waals surface area contributed by atoms with E-state index < -0.39 is 5.41 Å². The fraction of sp³-hybridized carbons (Fsp3) is 0.172. The molecule has 1 unspecified atom stereocenters. The van der Waals surface area contributed by atoms with Gasteiger partial charge in [-0.15, -0.1) is 0 Å². The third-order valence-corrected chi connectivity index (χ3v) is 14.1. The van der Waals surface area contributed by atoms with Crippen LogP contribution in [0.3, 0.4) is 0 Å². The average molecular weight is 760 g/mol. The molecule has 0 aromatic heterocycles. The minimum atomic E-state index is -0.488. The molecule has 0 aliphatic heterocycles. The first-order valence-electron chi connectivity index (χ1n) is 21.3. The standard InChI is InChI=1S/C58H49N/c1-55(2)38-57(52-27-17-16-26-50(52)55)39-56(3,4)51-35-33-46(37-54(51)57)59(44-30-28-41(29-31-44)40-18-8-5-9-19-40)45-32-34-48-47-24-14-15-25-49(47)58(53(48)36-45,42-20-10-6-11-21-42)43-22-12-7-13-23-43/h5-37H,38-39H2,1-4H3. The van der Waals surface area contributed by atoms with E-state index in [0.29, 0.717) is 0 Å². The molecule has 0 saturated heterocycles. The average Bonchev–Trinajstić information content (AvgIpc) is 3.79. The molecule has 8 aromatic rings. The van der Waals surface area contributed by atoms with Crippen LogP contribution in [0.25, 0.3) is 22.3 Å². The van der Waals surface area contributed by atoms with Crippen molar-refractivity contribution in [1.29, 1.82) is 0 Å². The monoisotopic (exact) mass is 759 g/mol. The van der Waals surface area contributed by atoms with E-state index in [4.69, 9.17) is 0 Å². The quantitative estimate of drug-likeness (QED) is 0.163. The van der Waals surface area contributed by atoms with Gasteiger partial charge in [-0.05, 0) is 127 Å². The van der Waals surface area contributed by atoms with Crippen molar-refractivity contribution < 1.29 is 0 Å². The van der Waals surface area contributed by atoms with Gasteiger partial charge in [0.15, 0.2) is 0 Å². The van der Waals surface area contributed by atoms with Crippen LogP contribution in [-0.2, 0) is 21.7 Å². The van der Waals surface area contributed by atoms with Crippen molar-refractivity contribution >= 4 is 17.1 Å². The van der Waals surface area contributed by atoms with Crippen LogP contribution in [0.15, 0.2) is 200 Å². The molecule has 0 heterocycles. The first kappa shape index (κ1) is 35.7. The molecular weight excluding hydrogens is 711 g/mol. The Morgan fingerprint density at radius 3 is 1.41 bits per heavy atom. The van der Waals surface area contributed by atoms with Crippen molar-refractivity contribution in [3.05, 3.63) is 245 Å². The van der Waals surface area contributed by atoms with Crippen LogP contribution in [-0.4, -0.2) is 0 Å². The number of fused-ring (bicyclic) bond motifs is 7. The van der Waals surface area contributed by atoms with E-state index in [1.165, 1.54) is 72.4 Å². The third kappa shape index (κ3) is 5.23. The Kier molecular flexibility index (Phi) is 7.89. The molecule has 1 nitrogen and oxygen atoms in total. The molecule has 286 valence electrons. The Morgan fingerprint density at radius 1 is 0.339 bits per heavy atom. The molecule has 0 radical (unpaired) electrons. The summed E-state index contributed by atoms with van der Waals surface area (Å²) < 4.78 is 0. The first-order valence-corrected chi connectivity index (χ1v) is 21.3. The Hall–Kier alpha value is -6.44. The zero-order valence-electron chi connectivity index (χ0n) is 34.4. The largest absolute Gasteiger partial charge is 0.310 e. The lowest BCUT2D eigenvalue weighted by atomic mass is 9.67. The molecule has 0 saturated carbocycles. The summed E-state index contributed by atoms with van der Waals surface area (Å²) in [5.41, 5.74) is 19.3. The van der Waals surface area contributed by atoms with Gasteiger partial charge in [0.1, 0.15) is 0 Å². The highest BCUT2D eigenvalue weighted by atomic mass is 15.1. The smallest absolute Gasteiger partial charge is 0.0714 e. The summed E-state index contributed by atoms with van der Waals surface area (Å²) in [5, 5.41) is 0. The molecule has 3 aliphatic rings. The van der Waals surface area contributed by atoms with E-state index in [1.807, 2.05) is 0 Å². The van der Waals surface area contributed by atoms with Crippen LogP contribution in [0.2, 0.25) is 0 Å². The minimum absolute atomic E-state index is 0.0485. The van der Waals surface area contributed by atoms with Crippen LogP contribution >= 0.6 is 0 Å². The number of hydrogen-bond acceptors (Lipinski definition) is 1. The summed E-state index contributed by atoms with van der Waals surface area (Å²) in [7, 11) is 0. The summed E-state index contributed by atoms with van der Waals surface area (Å²) in [5.74, 6) is 0. The van der Waals surface area contributed by atoms with Gasteiger partial charge in [0.25, 0.3) is 0 Å². The van der Waals surface area contributed by atoms with Gasteiger partial charge in [0.05, 0.1) is 5.41 Å². The van der Waals surface area contributed by atoms with Crippen LogP contribution in [0.4, 0.5) is 17.1 Å². The van der Waals surface area contributed by atoms with E-state index in [9.17, 15) is 0 Å². The van der Waals surface area contributed by atoms with E-state index in [1.54, 1.807) is 0 Å². The highest BCUT2D eigenvalue weighted by Crippen LogP contribution is 2.64. The maximum atomic E-state index is 2.57. The van der Waals surface area contributed by atoms with Crippen molar-refractivity contribution in [3.63, 3.8) is 0 Å². The number of nitrogens with zero attached hydrogens (tertiary/aromatic N) is 1. The van der Waals surface area contributed by atoms with Gasteiger partial charge >= 0.3 is 0 Å². The summed E-state index contributed by atoms with van der Waals surface area (Å²) >= 11 is 0. The van der Waals surface area contributed by atoms with Gasteiger partial charge in [0, 0.05) is 22.5 Å². The molecule has 0 N–H and O–H groups in total. The molecule has 59 heavy (non-hydrogen) atoms. The van der Waals surface area contributed by atoms with E-state index >= 15 is 0 Å². The lowest BCUT2D eigenvalue weighted by Crippen LogP contribution is -2.28. The molecule has 1 atom stereocenters. The molecule has 1 spiro atoms. The predicted octanol–water partition coefficient (Wildman–Crippen LogP) is 14.8. The number of benzene rings is 8. The lowest BCUT2D eigenvalue weighted by Gasteiger charge is -2.35. The van der Waals surface area contributed by atoms with Gasteiger partial charge < -0.3 is 4.90 Å². The van der Waals surface area contributed by atoms with Gasteiger partial charge in [-0.2, -0.15) is 0 Å². The second kappa shape index (κ2) is 13.0. The highest BCUT2D eigenvalue weighted by Gasteiger charge is 2.56. The summed E-state index contributed by atoms with van der Waals surface area (Å²) in [6, 6.07) is 75.2. The molecule has 8 aromatic carbocycles. The van der Waals surface area contributed by atoms with Crippen molar-refractivity contribution in [1.82, 2.24) is 0 Å². The molecule has 0 amide bonds. The maximum absolute atomic E-state index is 2.57. The van der Waals surface area contributed by atoms with Crippen LogP contribution < -0.4 is 4.90 Å². The second-order valence-corrected chi connectivity index (χ2v) is 18.5. The Labute approximate surface area is 349 Å². The zero-order valence-corrected chi connectivity index (χ0v) is 34.4. The lowest BCUT2D eigenvalue weighted by molar-refractivity contribution is 0.349. The number of anilines is 3. The van der Waals surface area contributed by atoms with Gasteiger partial charge in [-0.1, -0.05) is 191 Å². The zero-order chi connectivity index (χ0) is 40.0. The number of rotatable bonds is 6. The van der Waals surface area contributed by atoms with Gasteiger partial charge in [-0.3, -0.25) is 0 Å². The Morgan fingerprint density at radius 2 is 0.780 bits per heavy atom.